The highest BCUT2D eigenvalue weighted by atomic mass is 19.4. The van der Waals surface area contributed by atoms with E-state index in [9.17, 15) is 13.2 Å². The molecule has 5 heteroatoms. The minimum atomic E-state index is -4.39. The van der Waals surface area contributed by atoms with Crippen molar-refractivity contribution in [1.29, 1.82) is 0 Å². The van der Waals surface area contributed by atoms with E-state index in [0.29, 0.717) is 0 Å². The molecule has 1 fully saturated rings. The third kappa shape index (κ3) is 3.16. The topological polar surface area (TPSA) is 12.5 Å². The molecule has 0 bridgehead atoms. The lowest BCUT2D eigenvalue weighted by Gasteiger charge is -2.30. The fourth-order valence-electron chi connectivity index (χ4n) is 2.02. The molecular formula is C13H15F3NO. The molecule has 1 aromatic carbocycles. The maximum absolute atomic E-state index is 12.8. The van der Waals surface area contributed by atoms with Gasteiger partial charge in [0, 0.05) is 13.1 Å². The van der Waals surface area contributed by atoms with Crippen LogP contribution in [0.25, 0.3) is 0 Å². The smallest absolute Gasteiger partial charge is 0.419 e. The molecule has 0 unspecified atom stereocenters. The van der Waals surface area contributed by atoms with Gasteiger partial charge in [0.15, 0.2) is 0 Å². The maximum Gasteiger partial charge on any atom is 0.419 e. The Balaban J connectivity index is 2.10. The van der Waals surface area contributed by atoms with Crippen LogP contribution in [0.3, 0.4) is 0 Å². The van der Waals surface area contributed by atoms with Gasteiger partial charge in [-0.1, -0.05) is 6.07 Å². The molecule has 0 aromatic heterocycles. The number of alkyl halides is 3. The summed E-state index contributed by atoms with van der Waals surface area (Å²) in [6, 6.07) is 6.16. The van der Waals surface area contributed by atoms with E-state index in [4.69, 9.17) is 4.74 Å². The third-order valence-electron chi connectivity index (χ3n) is 3.09. The number of halogens is 3. The van der Waals surface area contributed by atoms with Crippen molar-refractivity contribution in [2.45, 2.75) is 25.1 Å². The Morgan fingerprint density at radius 3 is 2.61 bits per heavy atom. The Labute approximate surface area is 104 Å². The van der Waals surface area contributed by atoms with Gasteiger partial charge in [-0.2, -0.15) is 13.2 Å². The molecule has 0 aliphatic carbocycles. The second kappa shape index (κ2) is 5.18. The Kier molecular flexibility index (Phi) is 3.80. The van der Waals surface area contributed by atoms with Crippen LogP contribution in [-0.4, -0.2) is 31.1 Å². The molecule has 0 N–H and O–H groups in total. The number of hydrogen-bond acceptors (Lipinski definition) is 2. The minimum Gasteiger partial charge on any atom is -0.490 e. The van der Waals surface area contributed by atoms with Crippen LogP contribution in [0.15, 0.2) is 18.2 Å². The van der Waals surface area contributed by atoms with Gasteiger partial charge < -0.3 is 9.64 Å². The predicted octanol–water partition coefficient (Wildman–Crippen LogP) is 2.98. The van der Waals surface area contributed by atoms with Crippen molar-refractivity contribution in [3.8, 4) is 5.75 Å². The minimum absolute atomic E-state index is 0.0872. The third-order valence-corrected chi connectivity index (χ3v) is 3.09. The average molecular weight is 258 g/mol. The second-order valence-electron chi connectivity index (χ2n) is 4.54. The Hall–Kier alpha value is -1.23. The second-order valence-corrected chi connectivity index (χ2v) is 4.54. The number of rotatable bonds is 2. The molecule has 1 radical (unpaired) electrons. The predicted molar refractivity (Wildman–Crippen MR) is 61.4 cm³/mol. The van der Waals surface area contributed by atoms with Crippen molar-refractivity contribution in [1.82, 2.24) is 4.90 Å². The fourth-order valence-corrected chi connectivity index (χ4v) is 2.02. The van der Waals surface area contributed by atoms with Crippen molar-refractivity contribution in [2.24, 2.45) is 0 Å². The highest BCUT2D eigenvalue weighted by Gasteiger charge is 2.34. The van der Waals surface area contributed by atoms with E-state index in [2.05, 4.69) is 11.0 Å². The SMILES string of the molecule is CN1CCC(Oc2cc[c]cc2C(F)(F)F)CC1. The number of benzene rings is 1. The van der Waals surface area contributed by atoms with Crippen LogP contribution >= 0.6 is 0 Å². The van der Waals surface area contributed by atoms with Crippen LogP contribution in [-0.2, 0) is 6.18 Å². The Morgan fingerprint density at radius 2 is 2.00 bits per heavy atom. The first-order valence-corrected chi connectivity index (χ1v) is 5.89. The lowest BCUT2D eigenvalue weighted by atomic mass is 10.1. The van der Waals surface area contributed by atoms with Crippen molar-refractivity contribution in [2.75, 3.05) is 20.1 Å². The molecule has 1 saturated heterocycles. The Morgan fingerprint density at radius 1 is 1.33 bits per heavy atom. The quantitative estimate of drug-likeness (QED) is 0.808. The summed E-state index contributed by atoms with van der Waals surface area (Å²) in [5.41, 5.74) is -0.746. The molecule has 0 amide bonds. The fraction of sp³-hybridized carbons (Fsp3) is 0.538. The molecular weight excluding hydrogens is 243 g/mol. The largest absolute Gasteiger partial charge is 0.490 e. The van der Waals surface area contributed by atoms with E-state index in [1.165, 1.54) is 12.1 Å². The first-order valence-electron chi connectivity index (χ1n) is 5.89. The van der Waals surface area contributed by atoms with E-state index in [0.717, 1.165) is 32.0 Å². The van der Waals surface area contributed by atoms with Gasteiger partial charge >= 0.3 is 6.18 Å². The maximum atomic E-state index is 12.8. The van der Waals surface area contributed by atoms with Gasteiger partial charge in [-0.3, -0.25) is 0 Å². The van der Waals surface area contributed by atoms with Crippen LogP contribution in [0.4, 0.5) is 13.2 Å². The molecule has 18 heavy (non-hydrogen) atoms. The van der Waals surface area contributed by atoms with Crippen molar-refractivity contribution >= 4 is 0 Å². The van der Waals surface area contributed by atoms with Crippen LogP contribution in [0.2, 0.25) is 0 Å². The van der Waals surface area contributed by atoms with Gasteiger partial charge in [0.1, 0.15) is 11.9 Å². The zero-order chi connectivity index (χ0) is 13.2. The van der Waals surface area contributed by atoms with Crippen molar-refractivity contribution in [3.63, 3.8) is 0 Å². The zero-order valence-electron chi connectivity index (χ0n) is 10.1. The van der Waals surface area contributed by atoms with Gasteiger partial charge in [0.25, 0.3) is 0 Å². The van der Waals surface area contributed by atoms with E-state index in [-0.39, 0.29) is 11.9 Å². The van der Waals surface area contributed by atoms with Crippen LogP contribution in [0, 0.1) is 6.07 Å². The first kappa shape index (κ1) is 13.2. The van der Waals surface area contributed by atoms with Crippen LogP contribution < -0.4 is 4.74 Å². The number of nitrogens with zero attached hydrogens (tertiary/aromatic N) is 1. The molecule has 0 atom stereocenters. The highest BCUT2D eigenvalue weighted by Crippen LogP contribution is 2.36. The monoisotopic (exact) mass is 258 g/mol. The van der Waals surface area contributed by atoms with E-state index < -0.39 is 11.7 Å². The molecule has 0 saturated carbocycles. The summed E-state index contributed by atoms with van der Waals surface area (Å²) < 4.78 is 43.8. The van der Waals surface area contributed by atoms with Gasteiger partial charge in [-0.15, -0.1) is 0 Å². The van der Waals surface area contributed by atoms with Crippen LogP contribution in [0.1, 0.15) is 18.4 Å². The summed E-state index contributed by atoms with van der Waals surface area (Å²) in [7, 11) is 1.99. The molecule has 0 spiro atoms. The highest BCUT2D eigenvalue weighted by molar-refractivity contribution is 5.35. The van der Waals surface area contributed by atoms with E-state index in [1.54, 1.807) is 0 Å². The lowest BCUT2D eigenvalue weighted by molar-refractivity contribution is -0.139. The van der Waals surface area contributed by atoms with Crippen LogP contribution in [0.5, 0.6) is 5.75 Å². The standard InChI is InChI=1S/C13H15F3NO/c1-17-8-6-10(7-9-17)18-12-5-3-2-4-11(12)13(14,15)16/h3-5,10H,6-9H2,1H3. The van der Waals surface area contributed by atoms with Gasteiger partial charge in [0.05, 0.1) is 5.56 Å². The van der Waals surface area contributed by atoms with Gasteiger partial charge in [0.2, 0.25) is 0 Å². The molecule has 2 rings (SSSR count). The molecule has 99 valence electrons. The molecule has 1 aliphatic heterocycles. The number of ether oxygens (including phenoxy) is 1. The lowest BCUT2D eigenvalue weighted by Crippen LogP contribution is -2.35. The van der Waals surface area contributed by atoms with E-state index >= 15 is 0 Å². The molecule has 1 aromatic rings. The summed E-state index contributed by atoms with van der Waals surface area (Å²) in [6.07, 6.45) is -3.01. The summed E-state index contributed by atoms with van der Waals surface area (Å²) in [5.74, 6) is -0.0872. The number of hydrogen-bond donors (Lipinski definition) is 0. The first-order chi connectivity index (χ1) is 8.47. The summed E-state index contributed by atoms with van der Waals surface area (Å²) in [5, 5.41) is 0. The number of piperidine rings is 1. The normalized spacial score (nSPS) is 18.9. The van der Waals surface area contributed by atoms with Gasteiger partial charge in [-0.05, 0) is 38.1 Å². The molecule has 1 heterocycles. The zero-order valence-corrected chi connectivity index (χ0v) is 10.1. The Bertz CT molecular complexity index is 397. The summed E-state index contributed by atoms with van der Waals surface area (Å²) in [6.45, 7) is 1.70. The molecule has 1 aliphatic rings. The average Bonchev–Trinajstić information content (AvgIpc) is 2.31. The summed E-state index contributed by atoms with van der Waals surface area (Å²) >= 11 is 0. The summed E-state index contributed by atoms with van der Waals surface area (Å²) in [4.78, 5) is 2.14. The van der Waals surface area contributed by atoms with Crippen molar-refractivity contribution in [3.05, 3.63) is 29.8 Å². The number of likely N-dealkylation sites (tertiary alicyclic amines) is 1. The van der Waals surface area contributed by atoms with Crippen molar-refractivity contribution < 1.29 is 17.9 Å². The van der Waals surface area contributed by atoms with E-state index in [1.807, 2.05) is 7.05 Å². The molecule has 2 nitrogen and oxygen atoms in total. The van der Waals surface area contributed by atoms with Gasteiger partial charge in [-0.25, -0.2) is 0 Å².